The highest BCUT2D eigenvalue weighted by molar-refractivity contribution is 8.01. The van der Waals surface area contributed by atoms with Gasteiger partial charge in [0.1, 0.15) is 10.3 Å². The van der Waals surface area contributed by atoms with Gasteiger partial charge in [0, 0.05) is 23.8 Å². The van der Waals surface area contributed by atoms with Crippen LogP contribution in [0.15, 0.2) is 54.2 Å². The van der Waals surface area contributed by atoms with Crippen LogP contribution in [-0.4, -0.2) is 40.2 Å². The van der Waals surface area contributed by atoms with Crippen LogP contribution < -0.4 is 20.9 Å². The molecule has 9 heteroatoms. The van der Waals surface area contributed by atoms with Crippen molar-refractivity contribution < 1.29 is 14.4 Å². The predicted molar refractivity (Wildman–Crippen MR) is 136 cm³/mol. The Kier molecular flexibility index (Phi) is 6.27. The maximum atomic E-state index is 13.4. The van der Waals surface area contributed by atoms with Gasteiger partial charge in [0.05, 0.1) is 17.4 Å². The number of carbonyl (C=O) groups excluding carboxylic acids is 3. The number of nitrogens with one attached hydrogen (secondary N) is 3. The molecule has 2 aromatic rings. The zero-order valence-corrected chi connectivity index (χ0v) is 20.6. The number of thioether (sulfide) groups is 1. The normalized spacial score (nSPS) is 24.7. The van der Waals surface area contributed by atoms with Gasteiger partial charge in [-0.05, 0) is 55.0 Å². The summed E-state index contributed by atoms with van der Waals surface area (Å²) in [5.41, 5.74) is 3.55. The average molecular weight is 492 g/mol. The van der Waals surface area contributed by atoms with Crippen LogP contribution in [0.3, 0.4) is 0 Å². The molecule has 3 aliphatic rings. The van der Waals surface area contributed by atoms with Crippen LogP contribution in [0.1, 0.15) is 56.2 Å². The second-order valence-electron chi connectivity index (χ2n) is 9.46. The van der Waals surface area contributed by atoms with Gasteiger partial charge < -0.3 is 16.0 Å². The first kappa shape index (κ1) is 23.4. The first-order valence-corrected chi connectivity index (χ1v) is 12.8. The lowest BCUT2D eigenvalue weighted by Crippen LogP contribution is -2.53. The molecule has 8 nitrogen and oxygen atoms in total. The lowest BCUT2D eigenvalue weighted by atomic mass is 9.98. The highest BCUT2D eigenvalue weighted by Gasteiger charge is 2.47. The van der Waals surface area contributed by atoms with E-state index in [1.165, 1.54) is 17.8 Å². The fourth-order valence-corrected chi connectivity index (χ4v) is 6.35. The molecule has 0 spiro atoms. The van der Waals surface area contributed by atoms with Gasteiger partial charge in [0.15, 0.2) is 0 Å². The SMILES string of the molecule is C=CC(=O)N[C@H]1CCC[C@H]1NC(=O)C1Sc2nccc3c2C1NC(=O)N3c1cccc(C(C)C)c1. The van der Waals surface area contributed by atoms with Crippen LogP contribution in [0, 0.1) is 0 Å². The number of pyridine rings is 1. The third kappa shape index (κ3) is 4.29. The number of hydrogen-bond acceptors (Lipinski definition) is 5. The largest absolute Gasteiger partial charge is 0.350 e. The van der Waals surface area contributed by atoms with Gasteiger partial charge in [-0.3, -0.25) is 14.5 Å². The number of rotatable bonds is 6. The number of anilines is 2. The molecule has 1 aliphatic carbocycles. The highest BCUT2D eigenvalue weighted by Crippen LogP contribution is 2.50. The minimum atomic E-state index is -0.539. The lowest BCUT2D eigenvalue weighted by molar-refractivity contribution is -0.122. The molecule has 1 aromatic carbocycles. The van der Waals surface area contributed by atoms with Gasteiger partial charge >= 0.3 is 6.03 Å². The molecule has 3 N–H and O–H groups in total. The van der Waals surface area contributed by atoms with Crippen LogP contribution in [0.4, 0.5) is 16.2 Å². The third-order valence-corrected chi connectivity index (χ3v) is 8.20. The zero-order valence-electron chi connectivity index (χ0n) is 19.8. The molecular formula is C26H29N5O3S. The summed E-state index contributed by atoms with van der Waals surface area (Å²) in [5, 5.41) is 9.31. The lowest BCUT2D eigenvalue weighted by Gasteiger charge is -2.34. The number of aromatic nitrogens is 1. The van der Waals surface area contributed by atoms with Gasteiger partial charge in [-0.2, -0.15) is 0 Å². The summed E-state index contributed by atoms with van der Waals surface area (Å²) < 4.78 is 0. The van der Waals surface area contributed by atoms with Crippen molar-refractivity contribution >= 4 is 41.0 Å². The second-order valence-corrected chi connectivity index (χ2v) is 10.6. The second kappa shape index (κ2) is 9.37. The fourth-order valence-electron chi connectivity index (χ4n) is 5.12. The van der Waals surface area contributed by atoms with E-state index >= 15 is 0 Å². The molecule has 4 amide bonds. The van der Waals surface area contributed by atoms with E-state index < -0.39 is 11.3 Å². The first-order chi connectivity index (χ1) is 16.9. The van der Waals surface area contributed by atoms with Crippen LogP contribution >= 0.6 is 11.8 Å². The van der Waals surface area contributed by atoms with E-state index in [0.717, 1.165) is 46.8 Å². The van der Waals surface area contributed by atoms with Crippen LogP contribution in [0.5, 0.6) is 0 Å². The predicted octanol–water partition coefficient (Wildman–Crippen LogP) is 3.92. The Hall–Kier alpha value is -3.33. The van der Waals surface area contributed by atoms with E-state index in [0.29, 0.717) is 5.92 Å². The number of carbonyl (C=O) groups is 3. The Morgan fingerprint density at radius 2 is 2.00 bits per heavy atom. The van der Waals surface area contributed by atoms with Crippen molar-refractivity contribution in [1.29, 1.82) is 0 Å². The Bertz CT molecular complexity index is 1200. The van der Waals surface area contributed by atoms with Crippen molar-refractivity contribution in [2.45, 2.75) is 67.4 Å². The smallest absolute Gasteiger partial charge is 0.327 e. The number of amides is 4. The first-order valence-electron chi connectivity index (χ1n) is 12.0. The number of nitrogens with zero attached hydrogens (tertiary/aromatic N) is 2. The minimum absolute atomic E-state index is 0.128. The summed E-state index contributed by atoms with van der Waals surface area (Å²) >= 11 is 1.37. The number of hydrogen-bond donors (Lipinski definition) is 3. The molecule has 35 heavy (non-hydrogen) atoms. The molecule has 5 rings (SSSR count). The summed E-state index contributed by atoms with van der Waals surface area (Å²) in [6.07, 6.45) is 5.45. The van der Waals surface area contributed by atoms with Crippen molar-refractivity contribution in [2.24, 2.45) is 0 Å². The number of benzene rings is 1. The zero-order chi connectivity index (χ0) is 24.7. The number of urea groups is 1. The molecule has 0 radical (unpaired) electrons. The third-order valence-electron chi connectivity index (χ3n) is 6.92. The molecule has 182 valence electrons. The standard InChI is InChI=1S/C26H29N5O3S/c1-4-20(32)28-17-9-6-10-18(17)29-24(33)23-22-21-19(11-12-27-25(21)35-23)31(26(34)30-22)16-8-5-7-15(13-16)14(2)3/h4-5,7-8,11-14,17-18,22-23H,1,6,9-10H2,2-3H3,(H,28,32)(H,29,33)(H,30,34)/t17-,18+,22?,23?/m0/s1. The fraction of sp³-hybridized carbons (Fsp3) is 0.385. The van der Waals surface area contributed by atoms with Gasteiger partial charge in [-0.1, -0.05) is 44.3 Å². The molecule has 1 saturated carbocycles. The van der Waals surface area contributed by atoms with E-state index in [9.17, 15) is 14.4 Å². The Balaban J connectivity index is 1.40. The van der Waals surface area contributed by atoms with Gasteiger partial charge in [0.25, 0.3) is 0 Å². The summed E-state index contributed by atoms with van der Waals surface area (Å²) in [4.78, 5) is 44.7. The van der Waals surface area contributed by atoms with Crippen LogP contribution in [0.25, 0.3) is 0 Å². The van der Waals surface area contributed by atoms with Crippen molar-refractivity contribution in [1.82, 2.24) is 20.9 Å². The summed E-state index contributed by atoms with van der Waals surface area (Å²) in [6, 6.07) is 8.78. The van der Waals surface area contributed by atoms with E-state index in [2.05, 4.69) is 47.4 Å². The molecule has 0 bridgehead atoms. The summed E-state index contributed by atoms with van der Waals surface area (Å²) in [5.74, 6) is -0.0731. The van der Waals surface area contributed by atoms with Crippen molar-refractivity contribution in [3.05, 3.63) is 60.3 Å². The average Bonchev–Trinajstić information content (AvgIpc) is 3.44. The van der Waals surface area contributed by atoms with Crippen LogP contribution in [-0.2, 0) is 9.59 Å². The maximum absolute atomic E-state index is 13.4. The molecule has 2 unspecified atom stereocenters. The Labute approximate surface area is 208 Å². The molecular weight excluding hydrogens is 462 g/mol. The van der Waals surface area contributed by atoms with E-state index in [-0.39, 0.29) is 29.9 Å². The summed E-state index contributed by atoms with van der Waals surface area (Å²) in [7, 11) is 0. The van der Waals surface area contributed by atoms with Crippen molar-refractivity contribution in [3.63, 3.8) is 0 Å². The van der Waals surface area contributed by atoms with E-state index in [4.69, 9.17) is 0 Å². The Morgan fingerprint density at radius 3 is 2.74 bits per heavy atom. The monoisotopic (exact) mass is 491 g/mol. The van der Waals surface area contributed by atoms with Crippen molar-refractivity contribution in [3.8, 4) is 0 Å². The molecule has 0 saturated heterocycles. The quantitative estimate of drug-likeness (QED) is 0.532. The Morgan fingerprint density at radius 1 is 1.23 bits per heavy atom. The van der Waals surface area contributed by atoms with Crippen molar-refractivity contribution in [2.75, 3.05) is 4.90 Å². The topological polar surface area (TPSA) is 103 Å². The molecule has 1 aromatic heterocycles. The molecule has 1 fully saturated rings. The van der Waals surface area contributed by atoms with Gasteiger partial charge in [-0.15, -0.1) is 0 Å². The van der Waals surface area contributed by atoms with Gasteiger partial charge in [-0.25, -0.2) is 9.78 Å². The molecule has 3 heterocycles. The molecule has 2 aliphatic heterocycles. The van der Waals surface area contributed by atoms with Gasteiger partial charge in [0.2, 0.25) is 11.8 Å². The summed E-state index contributed by atoms with van der Waals surface area (Å²) in [6.45, 7) is 7.74. The van der Waals surface area contributed by atoms with E-state index in [1.54, 1.807) is 11.1 Å². The molecule has 4 atom stereocenters. The van der Waals surface area contributed by atoms with E-state index in [1.807, 2.05) is 24.3 Å². The maximum Gasteiger partial charge on any atom is 0.327 e. The highest BCUT2D eigenvalue weighted by atomic mass is 32.2. The van der Waals surface area contributed by atoms with Crippen LogP contribution in [0.2, 0.25) is 0 Å². The minimum Gasteiger partial charge on any atom is -0.350 e.